The lowest BCUT2D eigenvalue weighted by Crippen LogP contribution is -2.57. The molecule has 0 spiro atoms. The quantitative estimate of drug-likeness (QED) is 0.834. The predicted octanol–water partition coefficient (Wildman–Crippen LogP) is 2.77. The number of rotatable bonds is 6. The molecule has 138 valence electrons. The molecule has 0 saturated carbocycles. The summed E-state index contributed by atoms with van der Waals surface area (Å²) in [4.78, 5) is 14.5. The first-order valence-electron chi connectivity index (χ1n) is 8.70. The zero-order valence-corrected chi connectivity index (χ0v) is 14.9. The van der Waals surface area contributed by atoms with Crippen molar-refractivity contribution in [2.75, 3.05) is 25.5 Å². The average Bonchev–Trinajstić information content (AvgIpc) is 2.65. The molecular formula is C20H24FN3O2. The lowest BCUT2D eigenvalue weighted by molar-refractivity contribution is -0.123. The van der Waals surface area contributed by atoms with Gasteiger partial charge in [-0.2, -0.15) is 0 Å². The first kappa shape index (κ1) is 18.2. The van der Waals surface area contributed by atoms with Crippen LogP contribution < -0.4 is 15.8 Å². The van der Waals surface area contributed by atoms with Gasteiger partial charge in [0.25, 0.3) is 0 Å². The molecule has 5 nitrogen and oxygen atoms in total. The highest BCUT2D eigenvalue weighted by molar-refractivity contribution is 5.88. The molecule has 2 aromatic rings. The van der Waals surface area contributed by atoms with Crippen molar-refractivity contribution in [2.24, 2.45) is 5.73 Å². The second-order valence-electron chi connectivity index (χ2n) is 6.68. The fraction of sp³-hybridized carbons (Fsp3) is 0.350. The van der Waals surface area contributed by atoms with Gasteiger partial charge in [0.05, 0.1) is 12.8 Å². The van der Waals surface area contributed by atoms with E-state index in [-0.39, 0.29) is 0 Å². The van der Waals surface area contributed by atoms with E-state index in [9.17, 15) is 9.18 Å². The van der Waals surface area contributed by atoms with Crippen LogP contribution in [0.2, 0.25) is 0 Å². The zero-order valence-electron chi connectivity index (χ0n) is 14.9. The minimum Gasteiger partial charge on any atom is -0.494 e. The van der Waals surface area contributed by atoms with Gasteiger partial charge in [-0.05, 0) is 30.5 Å². The van der Waals surface area contributed by atoms with Crippen molar-refractivity contribution in [1.82, 2.24) is 4.90 Å². The molecule has 0 bridgehead atoms. The number of primary amides is 1. The minimum absolute atomic E-state index is 0.359. The summed E-state index contributed by atoms with van der Waals surface area (Å²) in [5, 5.41) is 3.23. The summed E-state index contributed by atoms with van der Waals surface area (Å²) in [5.74, 6) is -0.432. The number of methoxy groups -OCH3 is 1. The van der Waals surface area contributed by atoms with E-state index in [1.807, 2.05) is 18.2 Å². The first-order chi connectivity index (χ1) is 12.5. The monoisotopic (exact) mass is 357 g/mol. The topological polar surface area (TPSA) is 67.6 Å². The number of carbonyl (C=O) groups is 1. The Hall–Kier alpha value is -2.60. The number of anilines is 1. The lowest BCUT2D eigenvalue weighted by Gasteiger charge is -2.41. The average molecular weight is 357 g/mol. The van der Waals surface area contributed by atoms with Crippen molar-refractivity contribution in [2.45, 2.75) is 24.9 Å². The molecule has 26 heavy (non-hydrogen) atoms. The number of piperidine rings is 1. The van der Waals surface area contributed by atoms with Gasteiger partial charge in [0.15, 0.2) is 0 Å². The molecule has 2 aromatic carbocycles. The van der Waals surface area contributed by atoms with Crippen LogP contribution in [0.1, 0.15) is 18.4 Å². The third-order valence-corrected chi connectivity index (χ3v) is 4.97. The largest absolute Gasteiger partial charge is 0.494 e. The Labute approximate surface area is 152 Å². The number of carbonyl (C=O) groups excluding carboxylic acids is 1. The Bertz CT molecular complexity index is 759. The minimum atomic E-state index is -0.863. The van der Waals surface area contributed by atoms with Crippen molar-refractivity contribution in [3.63, 3.8) is 0 Å². The Morgan fingerprint density at radius 2 is 1.92 bits per heavy atom. The third kappa shape index (κ3) is 3.96. The molecule has 0 aromatic heterocycles. The molecule has 3 N–H and O–H groups in total. The number of nitrogens with two attached hydrogens (primary N) is 1. The van der Waals surface area contributed by atoms with Crippen LogP contribution in [0, 0.1) is 5.82 Å². The van der Waals surface area contributed by atoms with Crippen LogP contribution in [0.4, 0.5) is 10.1 Å². The zero-order chi connectivity index (χ0) is 18.6. The maximum absolute atomic E-state index is 13.4. The third-order valence-electron chi connectivity index (χ3n) is 4.97. The highest BCUT2D eigenvalue weighted by Gasteiger charge is 2.40. The summed E-state index contributed by atoms with van der Waals surface area (Å²) < 4.78 is 18.6. The number of hydrogen-bond donors (Lipinski definition) is 2. The number of likely N-dealkylation sites (tertiary alicyclic amines) is 1. The van der Waals surface area contributed by atoms with Gasteiger partial charge < -0.3 is 15.8 Å². The Morgan fingerprint density at radius 1 is 1.23 bits per heavy atom. The second-order valence-corrected chi connectivity index (χ2v) is 6.68. The molecule has 1 aliphatic rings. The summed E-state index contributed by atoms with van der Waals surface area (Å²) in [6.07, 6.45) is 1.16. The van der Waals surface area contributed by atoms with Gasteiger partial charge in [0.1, 0.15) is 17.1 Å². The standard InChI is InChI=1S/C20H24FN3O2/c1-26-18-13-16(21)7-8-17(18)23-20(19(22)25)9-11-24(12-10-20)14-15-5-3-2-4-6-15/h2-8,13,23H,9-12,14H2,1H3,(H2,22,25). The van der Waals surface area contributed by atoms with Gasteiger partial charge in [0.2, 0.25) is 5.91 Å². The number of hydrogen-bond acceptors (Lipinski definition) is 4. The summed E-state index contributed by atoms with van der Waals surface area (Å²) in [6.45, 7) is 2.33. The summed E-state index contributed by atoms with van der Waals surface area (Å²) in [6, 6.07) is 14.4. The summed E-state index contributed by atoms with van der Waals surface area (Å²) in [5.41, 5.74) is 6.69. The molecule has 1 fully saturated rings. The maximum atomic E-state index is 13.4. The van der Waals surface area contributed by atoms with Gasteiger partial charge in [0, 0.05) is 25.7 Å². The molecule has 0 unspecified atom stereocenters. The molecule has 1 heterocycles. The van der Waals surface area contributed by atoms with E-state index in [0.29, 0.717) is 24.3 Å². The molecule has 0 atom stereocenters. The van der Waals surface area contributed by atoms with Crippen molar-refractivity contribution < 1.29 is 13.9 Å². The smallest absolute Gasteiger partial charge is 0.243 e. The van der Waals surface area contributed by atoms with Crippen LogP contribution in [0.5, 0.6) is 5.75 Å². The van der Waals surface area contributed by atoms with E-state index < -0.39 is 17.3 Å². The van der Waals surface area contributed by atoms with E-state index in [0.717, 1.165) is 19.6 Å². The van der Waals surface area contributed by atoms with Crippen LogP contribution in [0.25, 0.3) is 0 Å². The Morgan fingerprint density at radius 3 is 2.54 bits per heavy atom. The lowest BCUT2D eigenvalue weighted by atomic mass is 9.86. The second kappa shape index (κ2) is 7.74. The van der Waals surface area contributed by atoms with Gasteiger partial charge >= 0.3 is 0 Å². The number of halogens is 1. The van der Waals surface area contributed by atoms with Gasteiger partial charge in [-0.3, -0.25) is 9.69 Å². The molecule has 3 rings (SSSR count). The fourth-order valence-electron chi connectivity index (χ4n) is 3.39. The highest BCUT2D eigenvalue weighted by Crippen LogP contribution is 2.33. The number of nitrogens with zero attached hydrogens (tertiary/aromatic N) is 1. The van der Waals surface area contributed by atoms with Gasteiger partial charge in [-0.15, -0.1) is 0 Å². The van der Waals surface area contributed by atoms with E-state index in [2.05, 4.69) is 22.3 Å². The fourth-order valence-corrected chi connectivity index (χ4v) is 3.39. The summed E-state index contributed by atoms with van der Waals surface area (Å²) >= 11 is 0. The number of benzene rings is 2. The maximum Gasteiger partial charge on any atom is 0.243 e. The van der Waals surface area contributed by atoms with Crippen LogP contribution in [-0.4, -0.2) is 36.5 Å². The van der Waals surface area contributed by atoms with Crippen LogP contribution in [0.15, 0.2) is 48.5 Å². The number of amides is 1. The molecule has 0 radical (unpaired) electrons. The Kier molecular flexibility index (Phi) is 5.42. The molecule has 1 amide bonds. The van der Waals surface area contributed by atoms with Crippen molar-refractivity contribution >= 4 is 11.6 Å². The van der Waals surface area contributed by atoms with E-state index >= 15 is 0 Å². The van der Waals surface area contributed by atoms with Gasteiger partial charge in [-0.25, -0.2) is 4.39 Å². The van der Waals surface area contributed by atoms with E-state index in [1.165, 1.54) is 24.8 Å². The van der Waals surface area contributed by atoms with Gasteiger partial charge in [-0.1, -0.05) is 30.3 Å². The molecule has 1 aliphatic heterocycles. The van der Waals surface area contributed by atoms with Crippen molar-refractivity contribution in [3.05, 3.63) is 59.9 Å². The number of ether oxygens (including phenoxy) is 1. The van der Waals surface area contributed by atoms with Crippen LogP contribution in [0.3, 0.4) is 0 Å². The highest BCUT2D eigenvalue weighted by atomic mass is 19.1. The van der Waals surface area contributed by atoms with Crippen LogP contribution in [-0.2, 0) is 11.3 Å². The molecular weight excluding hydrogens is 333 g/mol. The normalized spacial score (nSPS) is 16.8. The Balaban J connectivity index is 1.71. The first-order valence-corrected chi connectivity index (χ1v) is 8.70. The molecule has 6 heteroatoms. The van der Waals surface area contributed by atoms with E-state index in [1.54, 1.807) is 6.07 Å². The molecule has 1 saturated heterocycles. The SMILES string of the molecule is COc1cc(F)ccc1NC1(C(N)=O)CCN(Cc2ccccc2)CC1. The van der Waals surface area contributed by atoms with Crippen molar-refractivity contribution in [3.8, 4) is 5.75 Å². The summed E-state index contributed by atoms with van der Waals surface area (Å²) in [7, 11) is 1.47. The predicted molar refractivity (Wildman–Crippen MR) is 99.5 cm³/mol. The van der Waals surface area contributed by atoms with E-state index in [4.69, 9.17) is 10.5 Å². The molecule has 0 aliphatic carbocycles. The van der Waals surface area contributed by atoms with Crippen LogP contribution >= 0.6 is 0 Å². The number of nitrogens with one attached hydrogen (secondary N) is 1. The van der Waals surface area contributed by atoms with Crippen molar-refractivity contribution in [1.29, 1.82) is 0 Å².